The Morgan fingerprint density at radius 2 is 1.64 bits per heavy atom. The smallest absolute Gasteiger partial charge is 0.407 e. The molecule has 150 valence electrons. The fraction of sp³-hybridized carbons (Fsp3) is 0.316. The molecule has 1 aliphatic heterocycles. The molecule has 0 radical (unpaired) electrons. The van der Waals surface area contributed by atoms with Crippen LogP contribution in [0.1, 0.15) is 11.1 Å². The zero-order chi connectivity index (χ0) is 20.5. The van der Waals surface area contributed by atoms with E-state index in [1.165, 1.54) is 15.3 Å². The van der Waals surface area contributed by atoms with Gasteiger partial charge in [-0.1, -0.05) is 22.0 Å². The van der Waals surface area contributed by atoms with E-state index in [0.717, 1.165) is 11.1 Å². The highest BCUT2D eigenvalue weighted by Crippen LogP contribution is 2.34. The predicted octanol–water partition coefficient (Wildman–Crippen LogP) is 3.84. The Bertz CT molecular complexity index is 981. The first kappa shape index (κ1) is 20.6. The molecular formula is C19H21BrN2O5S. The van der Waals surface area contributed by atoms with Crippen molar-refractivity contribution in [2.45, 2.75) is 18.7 Å². The van der Waals surface area contributed by atoms with Gasteiger partial charge in [-0.15, -0.1) is 0 Å². The molecule has 1 saturated heterocycles. The molecule has 0 aliphatic carbocycles. The third kappa shape index (κ3) is 4.48. The maximum atomic E-state index is 13.2. The molecule has 28 heavy (non-hydrogen) atoms. The first-order chi connectivity index (χ1) is 13.2. The van der Waals surface area contributed by atoms with E-state index in [-0.39, 0.29) is 36.8 Å². The Balaban J connectivity index is 1.92. The van der Waals surface area contributed by atoms with E-state index in [1.54, 1.807) is 12.1 Å². The average Bonchev–Trinajstić information content (AvgIpc) is 2.62. The summed E-state index contributed by atoms with van der Waals surface area (Å²) in [6, 6.07) is 10.5. The summed E-state index contributed by atoms with van der Waals surface area (Å²) in [6.07, 6.45) is -1.04. The van der Waals surface area contributed by atoms with Crippen molar-refractivity contribution in [3.63, 3.8) is 0 Å². The van der Waals surface area contributed by atoms with Crippen molar-refractivity contribution >= 4 is 32.0 Å². The fourth-order valence-corrected chi connectivity index (χ4v) is 5.22. The van der Waals surface area contributed by atoms with E-state index in [9.17, 15) is 13.2 Å². The fourth-order valence-electron chi connectivity index (χ4n) is 3.15. The molecule has 9 heteroatoms. The van der Waals surface area contributed by atoms with Crippen molar-refractivity contribution in [2.24, 2.45) is 0 Å². The van der Waals surface area contributed by atoms with Gasteiger partial charge in [-0.05, 0) is 55.3 Å². The molecule has 0 atom stereocenters. The lowest BCUT2D eigenvalue weighted by molar-refractivity contribution is 0.126. The quantitative estimate of drug-likeness (QED) is 0.736. The molecule has 1 heterocycles. The molecule has 1 N–H and O–H groups in total. The largest absolute Gasteiger partial charge is 0.465 e. The summed E-state index contributed by atoms with van der Waals surface area (Å²) in [5.74, 6) is 0.792. The topological polar surface area (TPSA) is 87.2 Å². The normalized spacial score (nSPS) is 15.5. The summed E-state index contributed by atoms with van der Waals surface area (Å²) >= 11 is 3.33. The van der Waals surface area contributed by atoms with Crippen LogP contribution in [0.2, 0.25) is 0 Å². The number of nitrogens with zero attached hydrogens (tertiary/aromatic N) is 2. The Morgan fingerprint density at radius 1 is 1.04 bits per heavy atom. The summed E-state index contributed by atoms with van der Waals surface area (Å²) in [6.45, 7) is 4.36. The molecule has 1 amide bonds. The predicted molar refractivity (Wildman–Crippen MR) is 108 cm³/mol. The number of benzene rings is 2. The van der Waals surface area contributed by atoms with Crippen LogP contribution in [0.15, 0.2) is 45.8 Å². The van der Waals surface area contributed by atoms with Crippen LogP contribution in [0, 0.1) is 13.8 Å². The second-order valence-electron chi connectivity index (χ2n) is 6.69. The zero-order valence-electron chi connectivity index (χ0n) is 15.6. The molecule has 1 fully saturated rings. The number of sulfonamides is 1. The maximum absolute atomic E-state index is 13.2. The van der Waals surface area contributed by atoms with Gasteiger partial charge in [0.05, 0.1) is 0 Å². The molecule has 0 saturated carbocycles. The van der Waals surface area contributed by atoms with Gasteiger partial charge in [-0.2, -0.15) is 4.31 Å². The van der Waals surface area contributed by atoms with Gasteiger partial charge in [0.25, 0.3) is 0 Å². The maximum Gasteiger partial charge on any atom is 0.407 e. The lowest BCUT2D eigenvalue weighted by Crippen LogP contribution is -2.50. The van der Waals surface area contributed by atoms with E-state index >= 15 is 0 Å². The molecular weight excluding hydrogens is 448 g/mol. The van der Waals surface area contributed by atoms with Crippen molar-refractivity contribution in [1.82, 2.24) is 9.21 Å². The number of carboxylic acid groups (broad SMARTS) is 1. The van der Waals surface area contributed by atoms with Crippen molar-refractivity contribution in [3.8, 4) is 11.5 Å². The third-order valence-corrected chi connectivity index (χ3v) is 6.87. The zero-order valence-corrected chi connectivity index (χ0v) is 18.0. The SMILES string of the molecule is Cc1cc(C)cc(Oc2ccc(Br)cc2S(=O)(=O)N2CCN(C(=O)O)CC2)c1. The van der Waals surface area contributed by atoms with Crippen molar-refractivity contribution in [3.05, 3.63) is 52.0 Å². The Hall–Kier alpha value is -2.10. The highest BCUT2D eigenvalue weighted by atomic mass is 79.9. The van der Waals surface area contributed by atoms with Gasteiger partial charge in [0.15, 0.2) is 0 Å². The number of ether oxygens (including phenoxy) is 1. The minimum Gasteiger partial charge on any atom is -0.465 e. The minimum atomic E-state index is -3.85. The van der Waals surface area contributed by atoms with E-state index in [1.807, 2.05) is 32.0 Å². The highest BCUT2D eigenvalue weighted by molar-refractivity contribution is 9.10. The summed E-state index contributed by atoms with van der Waals surface area (Å²) in [7, 11) is -3.85. The Labute approximate surface area is 172 Å². The van der Waals surface area contributed by atoms with E-state index in [4.69, 9.17) is 9.84 Å². The lowest BCUT2D eigenvalue weighted by Gasteiger charge is -2.32. The summed E-state index contributed by atoms with van der Waals surface area (Å²) in [4.78, 5) is 12.3. The third-order valence-electron chi connectivity index (χ3n) is 4.46. The van der Waals surface area contributed by atoms with Crippen LogP contribution in [0.5, 0.6) is 11.5 Å². The summed E-state index contributed by atoms with van der Waals surface area (Å²) in [5.41, 5.74) is 2.03. The number of carbonyl (C=O) groups is 1. The number of halogens is 1. The van der Waals surface area contributed by atoms with Crippen LogP contribution in [0.25, 0.3) is 0 Å². The molecule has 2 aromatic carbocycles. The molecule has 2 aromatic rings. The van der Waals surface area contributed by atoms with Gasteiger partial charge in [-0.3, -0.25) is 0 Å². The Morgan fingerprint density at radius 3 is 2.21 bits per heavy atom. The van der Waals surface area contributed by atoms with E-state index < -0.39 is 16.1 Å². The van der Waals surface area contributed by atoms with E-state index in [0.29, 0.717) is 10.2 Å². The summed E-state index contributed by atoms with van der Waals surface area (Å²) in [5, 5.41) is 9.07. The van der Waals surface area contributed by atoms with Crippen LogP contribution in [0.3, 0.4) is 0 Å². The average molecular weight is 469 g/mol. The van der Waals surface area contributed by atoms with Gasteiger partial charge >= 0.3 is 6.09 Å². The van der Waals surface area contributed by atoms with Crippen molar-refractivity contribution in [1.29, 1.82) is 0 Å². The first-order valence-electron chi connectivity index (χ1n) is 8.70. The second kappa shape index (κ2) is 8.10. The minimum absolute atomic E-state index is 0.0461. The number of aryl methyl sites for hydroxylation is 2. The number of hydrogen-bond acceptors (Lipinski definition) is 4. The number of rotatable bonds is 4. The monoisotopic (exact) mass is 468 g/mol. The number of amides is 1. The molecule has 0 spiro atoms. The molecule has 7 nitrogen and oxygen atoms in total. The molecule has 0 bridgehead atoms. The summed E-state index contributed by atoms with van der Waals surface area (Å²) < 4.78 is 34.3. The van der Waals surface area contributed by atoms with E-state index in [2.05, 4.69) is 15.9 Å². The number of piperazine rings is 1. The molecule has 3 rings (SSSR count). The molecule has 0 aromatic heterocycles. The van der Waals surface area contributed by atoms with Crippen molar-refractivity contribution in [2.75, 3.05) is 26.2 Å². The van der Waals surface area contributed by atoms with Gasteiger partial charge in [0, 0.05) is 30.7 Å². The molecule has 1 aliphatic rings. The van der Waals surface area contributed by atoms with Crippen LogP contribution in [-0.4, -0.2) is 55.0 Å². The van der Waals surface area contributed by atoms with Crippen molar-refractivity contribution < 1.29 is 23.1 Å². The van der Waals surface area contributed by atoms with Crippen LogP contribution < -0.4 is 4.74 Å². The first-order valence-corrected chi connectivity index (χ1v) is 10.9. The van der Waals surface area contributed by atoms with Crippen LogP contribution in [-0.2, 0) is 10.0 Å². The number of hydrogen-bond donors (Lipinski definition) is 1. The van der Waals surface area contributed by atoms with Crippen LogP contribution in [0.4, 0.5) is 4.79 Å². The second-order valence-corrected chi connectivity index (χ2v) is 9.51. The Kier molecular flexibility index (Phi) is 5.97. The lowest BCUT2D eigenvalue weighted by atomic mass is 10.1. The highest BCUT2D eigenvalue weighted by Gasteiger charge is 2.32. The van der Waals surface area contributed by atoms with Gasteiger partial charge in [-0.25, -0.2) is 13.2 Å². The van der Waals surface area contributed by atoms with Gasteiger partial charge in [0.2, 0.25) is 10.0 Å². The van der Waals surface area contributed by atoms with Crippen LogP contribution >= 0.6 is 15.9 Å². The standard InChI is InChI=1S/C19H21BrN2O5S/c1-13-9-14(2)11-16(10-13)27-17-4-3-15(20)12-18(17)28(25,26)22-7-5-21(6-8-22)19(23)24/h3-4,9-12H,5-8H2,1-2H3,(H,23,24). The molecule has 0 unspecified atom stereocenters. The van der Waals surface area contributed by atoms with Gasteiger partial charge < -0.3 is 14.7 Å². The van der Waals surface area contributed by atoms with Gasteiger partial charge in [0.1, 0.15) is 16.4 Å².